The minimum absolute atomic E-state index is 0.0775. The largest absolute Gasteiger partial charge is 0.508 e. The molecule has 6 atom stereocenters. The summed E-state index contributed by atoms with van der Waals surface area (Å²) in [6.07, 6.45) is 2.07. The molecule has 6 amide bonds. The molecular weight excluding hydrogens is 734 g/mol. The summed E-state index contributed by atoms with van der Waals surface area (Å²) in [5.74, 6) is -6.27. The van der Waals surface area contributed by atoms with Crippen molar-refractivity contribution in [3.63, 3.8) is 0 Å². The number of carbonyl (C=O) groups excluding carboxylic acids is 5. The minimum Gasteiger partial charge on any atom is -0.508 e. The number of amides is 6. The third kappa shape index (κ3) is 4.31. The van der Waals surface area contributed by atoms with Crippen LogP contribution >= 0.6 is 38.9 Å². The number of allylic oxidation sites excluding steroid dienone is 2. The number of nitrogens with two attached hydrogens (primary N) is 1. The fourth-order valence-electron chi connectivity index (χ4n) is 8.77. The van der Waals surface area contributed by atoms with Gasteiger partial charge in [0.1, 0.15) is 17.3 Å². The van der Waals surface area contributed by atoms with Crippen molar-refractivity contribution in [2.45, 2.75) is 32.6 Å². The summed E-state index contributed by atoms with van der Waals surface area (Å²) in [7, 11) is 1.68. The summed E-state index contributed by atoms with van der Waals surface area (Å²) in [5, 5.41) is 17.6. The summed E-state index contributed by atoms with van der Waals surface area (Å²) in [5.41, 5.74) is 6.72. The molecule has 0 bridgehead atoms. The highest BCUT2D eigenvalue weighted by Crippen LogP contribution is 2.64. The first-order valence-corrected chi connectivity index (χ1v) is 17.7. The van der Waals surface area contributed by atoms with Crippen LogP contribution in [0.4, 0.5) is 10.6 Å². The van der Waals surface area contributed by atoms with Crippen LogP contribution in [0.5, 0.6) is 5.75 Å². The lowest BCUT2D eigenvalue weighted by Crippen LogP contribution is -2.49. The van der Waals surface area contributed by atoms with Crippen molar-refractivity contribution in [2.75, 3.05) is 4.90 Å². The number of imide groups is 4. The maximum Gasteiger partial charge on any atom is 0.328 e. The molecule has 0 unspecified atom stereocenters. The molecular formula is C35H29BrClN5O6S. The van der Waals surface area contributed by atoms with Crippen LogP contribution in [0.3, 0.4) is 0 Å². The molecule has 2 aliphatic heterocycles. The summed E-state index contributed by atoms with van der Waals surface area (Å²) < 4.78 is 3.19. The molecule has 0 spiro atoms. The molecule has 1 saturated carbocycles. The van der Waals surface area contributed by atoms with E-state index in [1.807, 2.05) is 31.2 Å². The Morgan fingerprint density at radius 1 is 1.08 bits per heavy atom. The second-order valence-corrected chi connectivity index (χ2v) is 15.8. The Hall–Kier alpha value is -4.33. The molecule has 4 aromatic rings. The average molecular weight is 763 g/mol. The van der Waals surface area contributed by atoms with Gasteiger partial charge in [0.05, 0.1) is 28.0 Å². The van der Waals surface area contributed by atoms with E-state index in [4.69, 9.17) is 22.4 Å². The van der Waals surface area contributed by atoms with Crippen molar-refractivity contribution in [1.82, 2.24) is 14.7 Å². The molecule has 2 saturated heterocycles. The molecule has 3 N–H and O–H groups in total. The molecule has 3 fully saturated rings. The molecule has 14 heteroatoms. The van der Waals surface area contributed by atoms with Gasteiger partial charge in [0.2, 0.25) is 23.6 Å². The van der Waals surface area contributed by atoms with Crippen LogP contribution in [0.15, 0.2) is 58.6 Å². The van der Waals surface area contributed by atoms with Crippen LogP contribution in [0, 0.1) is 36.0 Å². The summed E-state index contributed by atoms with van der Waals surface area (Å²) in [6.45, 7) is 3.72. The Bertz CT molecular complexity index is 2250. The van der Waals surface area contributed by atoms with E-state index in [0.717, 1.165) is 20.5 Å². The van der Waals surface area contributed by atoms with Crippen molar-refractivity contribution in [2.24, 2.45) is 41.9 Å². The van der Waals surface area contributed by atoms with E-state index in [2.05, 4.69) is 15.9 Å². The Kier molecular flexibility index (Phi) is 7.05. The van der Waals surface area contributed by atoms with Crippen molar-refractivity contribution < 1.29 is 29.1 Å². The molecule has 250 valence electrons. The number of aromatic hydroxyl groups is 1. The first-order chi connectivity index (χ1) is 23.2. The maximum absolute atomic E-state index is 14.9. The van der Waals surface area contributed by atoms with E-state index in [1.165, 1.54) is 27.0 Å². The molecule has 8 rings (SSSR count). The van der Waals surface area contributed by atoms with Crippen LogP contribution in [-0.4, -0.2) is 49.4 Å². The van der Waals surface area contributed by atoms with Gasteiger partial charge in [-0.05, 0) is 80.0 Å². The van der Waals surface area contributed by atoms with Gasteiger partial charge in [-0.25, -0.2) is 9.69 Å². The average Bonchev–Trinajstić information content (AvgIpc) is 3.72. The van der Waals surface area contributed by atoms with Gasteiger partial charge < -0.3 is 10.8 Å². The highest BCUT2D eigenvalue weighted by molar-refractivity contribution is 9.10. The van der Waals surface area contributed by atoms with Gasteiger partial charge in [0.25, 0.3) is 0 Å². The Morgan fingerprint density at radius 3 is 2.57 bits per heavy atom. The number of aromatic nitrogens is 2. The van der Waals surface area contributed by atoms with Crippen molar-refractivity contribution in [1.29, 1.82) is 0 Å². The van der Waals surface area contributed by atoms with Gasteiger partial charge in [-0.2, -0.15) is 10.00 Å². The molecule has 2 aromatic carbocycles. The predicted octanol–water partition coefficient (Wildman–Crippen LogP) is 6.04. The quantitative estimate of drug-likeness (QED) is 0.191. The van der Waals surface area contributed by atoms with Crippen LogP contribution < -0.4 is 10.6 Å². The zero-order chi connectivity index (χ0) is 34.8. The van der Waals surface area contributed by atoms with E-state index < -0.39 is 64.7 Å². The maximum atomic E-state index is 14.9. The number of thiophene rings is 1. The number of carbonyl (C=O) groups is 5. The number of primary amides is 1. The minimum atomic E-state index is -1.38. The Morgan fingerprint density at radius 2 is 1.84 bits per heavy atom. The molecule has 4 heterocycles. The van der Waals surface area contributed by atoms with Crippen LogP contribution in [0.25, 0.3) is 20.7 Å². The van der Waals surface area contributed by atoms with Gasteiger partial charge >= 0.3 is 6.03 Å². The smallest absolute Gasteiger partial charge is 0.328 e. The Balaban J connectivity index is 1.27. The van der Waals surface area contributed by atoms with Crippen LogP contribution in [-0.2, 0) is 26.2 Å². The van der Waals surface area contributed by atoms with E-state index >= 15 is 0 Å². The first kappa shape index (κ1) is 31.9. The molecule has 2 aromatic heterocycles. The van der Waals surface area contributed by atoms with Crippen molar-refractivity contribution >= 4 is 84.4 Å². The normalized spacial score (nSPS) is 27.9. The number of phenols is 1. The third-order valence-electron chi connectivity index (χ3n) is 11.0. The van der Waals surface area contributed by atoms with E-state index in [9.17, 15) is 29.1 Å². The van der Waals surface area contributed by atoms with E-state index in [0.29, 0.717) is 31.2 Å². The number of benzene rings is 2. The number of anilines is 1. The number of halogens is 2. The lowest BCUT2D eigenvalue weighted by atomic mass is 9.51. The van der Waals surface area contributed by atoms with Gasteiger partial charge in [-0.3, -0.25) is 23.9 Å². The summed E-state index contributed by atoms with van der Waals surface area (Å²) in [6, 6.07) is 11.2. The molecule has 49 heavy (non-hydrogen) atoms. The zero-order valence-corrected chi connectivity index (χ0v) is 29.6. The zero-order valence-electron chi connectivity index (χ0n) is 26.4. The fourth-order valence-corrected chi connectivity index (χ4v) is 10.5. The van der Waals surface area contributed by atoms with Gasteiger partial charge in [-0.1, -0.05) is 39.2 Å². The van der Waals surface area contributed by atoms with Gasteiger partial charge in [-0.15, -0.1) is 11.3 Å². The van der Waals surface area contributed by atoms with Crippen LogP contribution in [0.2, 0.25) is 5.02 Å². The Labute approximate surface area is 297 Å². The third-order valence-corrected chi connectivity index (χ3v) is 13.0. The number of urea groups is 1. The van der Waals surface area contributed by atoms with Crippen molar-refractivity contribution in [3.05, 3.63) is 74.7 Å². The molecule has 0 radical (unpaired) electrons. The second-order valence-electron chi connectivity index (χ2n) is 13.4. The number of likely N-dealkylation sites (tertiary alicyclic amines) is 1. The highest BCUT2D eigenvalue weighted by Gasteiger charge is 2.68. The SMILES string of the molecule is Cc1c(-c2cc(N3C(=O)[C@@H]4C[C@@H]5C(=CC[C@@H]6C(=O)N(C(N)=O)C(=O)[C@@H]65)[C@H](c5cc(Br)ccc5O)[C@]4(C)C3=O)n(C)n2)sc2ccc(Cl)cc12. The van der Waals surface area contributed by atoms with Crippen LogP contribution in [0.1, 0.15) is 36.8 Å². The number of hydrogen-bond donors (Lipinski definition) is 2. The summed E-state index contributed by atoms with van der Waals surface area (Å²) in [4.78, 5) is 71.1. The van der Waals surface area contributed by atoms with Gasteiger partial charge in [0.15, 0.2) is 0 Å². The number of aryl methyl sites for hydroxylation is 2. The predicted molar refractivity (Wildman–Crippen MR) is 186 cm³/mol. The standard InChI is InChI=1S/C35H29BrClN5O6S/c1-14-19-11-16(37)5-9-25(19)49-29(14)23-13-26(40(3)39-23)41-31(45)22-12-20-17(6-7-18-27(20)32(46)42(30(18)44)34(38)48)28(35(22,2)33(41)47)21-10-15(36)4-8-24(21)43/h4-6,8-11,13,18,20,22,27-28,43H,7,12H2,1-3H3,(H2,38,48)/t18-,20+,22-,27-,28+,35+/m0/s1. The van der Waals surface area contributed by atoms with Gasteiger partial charge in [0, 0.05) is 38.8 Å². The summed E-state index contributed by atoms with van der Waals surface area (Å²) >= 11 is 11.3. The number of nitrogens with zero attached hydrogens (tertiary/aromatic N) is 4. The highest BCUT2D eigenvalue weighted by atomic mass is 79.9. The fraction of sp³-hybridized carbons (Fsp3) is 0.314. The molecule has 4 aliphatic rings. The first-order valence-electron chi connectivity index (χ1n) is 15.7. The topological polar surface area (TPSA) is 156 Å². The van der Waals surface area contributed by atoms with Crippen molar-refractivity contribution in [3.8, 4) is 16.3 Å². The number of phenolic OH excluding ortho intramolecular Hbond substituents is 1. The lowest BCUT2D eigenvalue weighted by Gasteiger charge is -2.49. The monoisotopic (exact) mass is 761 g/mol. The number of hydrogen-bond acceptors (Lipinski definition) is 8. The van der Waals surface area contributed by atoms with E-state index in [-0.39, 0.29) is 24.4 Å². The molecule has 11 nitrogen and oxygen atoms in total. The number of fused-ring (bicyclic) bond motifs is 5. The second kappa shape index (κ2) is 10.8. The number of rotatable bonds is 3. The van der Waals surface area contributed by atoms with E-state index in [1.54, 1.807) is 32.2 Å². The molecule has 2 aliphatic carbocycles. The lowest BCUT2D eigenvalue weighted by molar-refractivity contribution is -0.136.